The molecule has 1 atom stereocenters. The third-order valence-electron chi connectivity index (χ3n) is 1.51. The number of carbonyl (C=O) groups excluding carboxylic acids is 2. The molecular formula is C8H14N4O3. The number of hydrogen-bond acceptors (Lipinski definition) is 5. The number of rotatable bonds is 7. The maximum Gasteiger partial charge on any atom is 0.247 e. The van der Waals surface area contributed by atoms with Crippen LogP contribution in [0.1, 0.15) is 6.42 Å². The molecule has 0 aromatic heterocycles. The van der Waals surface area contributed by atoms with Gasteiger partial charge in [-0.1, -0.05) is 0 Å². The van der Waals surface area contributed by atoms with Crippen LogP contribution in [0.2, 0.25) is 0 Å². The number of aliphatic hydroxyl groups excluding tert-OH is 1. The first-order valence-electron chi connectivity index (χ1n) is 4.39. The van der Waals surface area contributed by atoms with Crippen LogP contribution in [-0.2, 0) is 9.59 Å². The molecule has 0 fully saturated rings. The van der Waals surface area contributed by atoms with Crippen LogP contribution in [0.4, 0.5) is 0 Å². The molecule has 0 aliphatic heterocycles. The van der Waals surface area contributed by atoms with E-state index in [9.17, 15) is 9.59 Å². The monoisotopic (exact) mass is 214 g/mol. The predicted octanol–water partition coefficient (Wildman–Crippen LogP) is -2.55. The topological polar surface area (TPSA) is 128 Å². The van der Waals surface area contributed by atoms with E-state index in [2.05, 4.69) is 10.6 Å². The summed E-state index contributed by atoms with van der Waals surface area (Å²) >= 11 is 0. The van der Waals surface area contributed by atoms with Crippen molar-refractivity contribution in [1.82, 2.24) is 10.6 Å². The third-order valence-corrected chi connectivity index (χ3v) is 1.51. The standard InChI is InChI=1S/C8H14N4O3/c9-2-1-3-12-7(14)5-11-4-6(13)8(10)15/h6,11,13H,1,3-5H2,(H2,10,15)(H,12,14). The minimum atomic E-state index is -1.29. The van der Waals surface area contributed by atoms with Crippen molar-refractivity contribution in [2.24, 2.45) is 5.73 Å². The van der Waals surface area contributed by atoms with E-state index in [4.69, 9.17) is 16.1 Å². The summed E-state index contributed by atoms with van der Waals surface area (Å²) in [6.07, 6.45) is -1.05. The van der Waals surface area contributed by atoms with Gasteiger partial charge in [-0.05, 0) is 0 Å². The highest BCUT2D eigenvalue weighted by Gasteiger charge is 2.10. The first kappa shape index (κ1) is 13.4. The second-order valence-electron chi connectivity index (χ2n) is 2.81. The lowest BCUT2D eigenvalue weighted by Gasteiger charge is -2.07. The number of amides is 2. The molecule has 15 heavy (non-hydrogen) atoms. The molecule has 7 nitrogen and oxygen atoms in total. The summed E-state index contributed by atoms with van der Waals surface area (Å²) in [7, 11) is 0. The normalized spacial score (nSPS) is 11.5. The Morgan fingerprint density at radius 3 is 2.73 bits per heavy atom. The summed E-state index contributed by atoms with van der Waals surface area (Å²) in [6.45, 7) is 0.187. The minimum absolute atomic E-state index is 0.0320. The maximum absolute atomic E-state index is 11.0. The molecule has 0 aliphatic carbocycles. The van der Waals surface area contributed by atoms with E-state index in [1.165, 1.54) is 0 Å². The van der Waals surface area contributed by atoms with Gasteiger partial charge in [0.05, 0.1) is 19.0 Å². The van der Waals surface area contributed by atoms with Gasteiger partial charge >= 0.3 is 0 Å². The molecule has 7 heteroatoms. The molecule has 0 aliphatic rings. The molecule has 0 saturated carbocycles. The Kier molecular flexibility index (Phi) is 6.88. The van der Waals surface area contributed by atoms with Crippen molar-refractivity contribution >= 4 is 11.8 Å². The minimum Gasteiger partial charge on any atom is -0.382 e. The number of carbonyl (C=O) groups is 2. The van der Waals surface area contributed by atoms with Gasteiger partial charge in [-0.15, -0.1) is 0 Å². The summed E-state index contributed by atoms with van der Waals surface area (Å²) in [6, 6.07) is 1.88. The van der Waals surface area contributed by atoms with Crippen LogP contribution >= 0.6 is 0 Å². The Labute approximate surface area is 87.2 Å². The highest BCUT2D eigenvalue weighted by molar-refractivity contribution is 5.79. The first-order chi connectivity index (χ1) is 7.07. The maximum atomic E-state index is 11.0. The van der Waals surface area contributed by atoms with Gasteiger partial charge in [0, 0.05) is 13.1 Å². The molecule has 0 bridgehead atoms. The van der Waals surface area contributed by atoms with E-state index in [1.54, 1.807) is 0 Å². The largest absolute Gasteiger partial charge is 0.382 e. The summed E-state index contributed by atoms with van der Waals surface area (Å²) in [5, 5.41) is 22.1. The van der Waals surface area contributed by atoms with Crippen LogP contribution in [0, 0.1) is 11.3 Å². The van der Waals surface area contributed by atoms with Gasteiger partial charge in [0.25, 0.3) is 0 Å². The van der Waals surface area contributed by atoms with Gasteiger partial charge in [0.15, 0.2) is 0 Å². The van der Waals surface area contributed by atoms with Gasteiger partial charge in [0.2, 0.25) is 11.8 Å². The van der Waals surface area contributed by atoms with E-state index in [1.807, 2.05) is 6.07 Å². The third kappa shape index (κ3) is 7.42. The van der Waals surface area contributed by atoms with Crippen LogP contribution in [0.5, 0.6) is 0 Å². The number of hydrogen-bond donors (Lipinski definition) is 4. The molecular weight excluding hydrogens is 200 g/mol. The predicted molar refractivity (Wildman–Crippen MR) is 51.3 cm³/mol. The quantitative estimate of drug-likeness (QED) is 0.347. The van der Waals surface area contributed by atoms with E-state index in [-0.39, 0.29) is 32.0 Å². The smallest absolute Gasteiger partial charge is 0.247 e. The van der Waals surface area contributed by atoms with Crippen molar-refractivity contribution in [1.29, 1.82) is 5.26 Å². The van der Waals surface area contributed by atoms with Crippen LogP contribution < -0.4 is 16.4 Å². The van der Waals surface area contributed by atoms with Crippen LogP contribution in [0.25, 0.3) is 0 Å². The summed E-state index contributed by atoms with van der Waals surface area (Å²) in [4.78, 5) is 21.4. The van der Waals surface area contributed by atoms with Crippen molar-refractivity contribution in [3.63, 3.8) is 0 Å². The highest BCUT2D eigenvalue weighted by Crippen LogP contribution is 1.77. The average Bonchev–Trinajstić information content (AvgIpc) is 2.18. The van der Waals surface area contributed by atoms with Crippen LogP contribution in [-0.4, -0.2) is 42.7 Å². The fraction of sp³-hybridized carbons (Fsp3) is 0.625. The number of nitrogens with zero attached hydrogens (tertiary/aromatic N) is 1. The summed E-state index contributed by atoms with van der Waals surface area (Å²) in [5.74, 6) is -1.14. The molecule has 0 radical (unpaired) electrons. The molecule has 0 rings (SSSR count). The molecule has 0 heterocycles. The van der Waals surface area contributed by atoms with Gasteiger partial charge in [-0.25, -0.2) is 0 Å². The van der Waals surface area contributed by atoms with Gasteiger partial charge < -0.3 is 21.5 Å². The Morgan fingerprint density at radius 1 is 1.53 bits per heavy atom. The molecule has 0 saturated heterocycles. The van der Waals surface area contributed by atoms with Crippen molar-refractivity contribution in [3.8, 4) is 6.07 Å². The zero-order valence-electron chi connectivity index (χ0n) is 8.19. The molecule has 2 amide bonds. The first-order valence-corrected chi connectivity index (χ1v) is 4.39. The summed E-state index contributed by atoms with van der Waals surface area (Å²) in [5.41, 5.74) is 4.79. The van der Waals surface area contributed by atoms with E-state index in [0.717, 1.165) is 0 Å². The number of nitrogens with two attached hydrogens (primary N) is 1. The fourth-order valence-electron chi connectivity index (χ4n) is 0.743. The van der Waals surface area contributed by atoms with Crippen molar-refractivity contribution < 1.29 is 14.7 Å². The number of nitrogens with one attached hydrogen (secondary N) is 2. The zero-order valence-corrected chi connectivity index (χ0v) is 8.19. The average molecular weight is 214 g/mol. The van der Waals surface area contributed by atoms with Crippen LogP contribution in [0.3, 0.4) is 0 Å². The Balaban J connectivity index is 3.47. The Hall–Kier alpha value is -1.65. The molecule has 0 aromatic carbocycles. The van der Waals surface area contributed by atoms with Gasteiger partial charge in [0.1, 0.15) is 6.10 Å². The molecule has 5 N–H and O–H groups in total. The van der Waals surface area contributed by atoms with Crippen molar-refractivity contribution in [2.45, 2.75) is 12.5 Å². The Bertz CT molecular complexity index is 261. The highest BCUT2D eigenvalue weighted by atomic mass is 16.3. The zero-order chi connectivity index (χ0) is 11.7. The van der Waals surface area contributed by atoms with E-state index < -0.39 is 12.0 Å². The SMILES string of the molecule is N#CCCNC(=O)CNCC(O)C(N)=O. The fourth-order valence-corrected chi connectivity index (χ4v) is 0.743. The summed E-state index contributed by atoms with van der Waals surface area (Å²) < 4.78 is 0. The van der Waals surface area contributed by atoms with Crippen molar-refractivity contribution in [2.75, 3.05) is 19.6 Å². The van der Waals surface area contributed by atoms with E-state index in [0.29, 0.717) is 0 Å². The second kappa shape index (κ2) is 7.73. The Morgan fingerprint density at radius 2 is 2.20 bits per heavy atom. The van der Waals surface area contributed by atoms with Crippen molar-refractivity contribution in [3.05, 3.63) is 0 Å². The van der Waals surface area contributed by atoms with Gasteiger partial charge in [-0.2, -0.15) is 5.26 Å². The molecule has 0 aromatic rings. The molecule has 1 unspecified atom stereocenters. The number of nitriles is 1. The number of primary amides is 1. The number of aliphatic hydroxyl groups is 1. The lowest BCUT2D eigenvalue weighted by molar-refractivity contribution is -0.126. The van der Waals surface area contributed by atoms with E-state index >= 15 is 0 Å². The molecule has 84 valence electrons. The lowest BCUT2D eigenvalue weighted by atomic mass is 10.3. The van der Waals surface area contributed by atoms with Gasteiger partial charge in [-0.3, -0.25) is 9.59 Å². The van der Waals surface area contributed by atoms with Crippen LogP contribution in [0.15, 0.2) is 0 Å². The molecule has 0 spiro atoms. The second-order valence-corrected chi connectivity index (χ2v) is 2.81. The lowest BCUT2D eigenvalue weighted by Crippen LogP contribution is -2.41.